The third kappa shape index (κ3) is 4.06. The van der Waals surface area contributed by atoms with E-state index in [4.69, 9.17) is 0 Å². The molecular formula is C17H27BrN2. The summed E-state index contributed by atoms with van der Waals surface area (Å²) in [4.78, 5) is 2.71. The minimum Gasteiger partial charge on any atom is -0.319 e. The van der Waals surface area contributed by atoms with E-state index in [1.807, 2.05) is 0 Å². The SMILES string of the molecule is CCCN1CCCCC(CNC)C1c1ccc(Br)cc1. The van der Waals surface area contributed by atoms with Crippen molar-refractivity contribution in [3.8, 4) is 0 Å². The molecule has 0 aliphatic carbocycles. The van der Waals surface area contributed by atoms with Crippen LogP contribution < -0.4 is 5.32 Å². The highest BCUT2D eigenvalue weighted by Crippen LogP contribution is 2.35. The zero-order valence-electron chi connectivity index (χ0n) is 12.7. The van der Waals surface area contributed by atoms with Gasteiger partial charge >= 0.3 is 0 Å². The maximum absolute atomic E-state index is 3.55. The van der Waals surface area contributed by atoms with Gasteiger partial charge in [-0.3, -0.25) is 4.90 Å². The van der Waals surface area contributed by atoms with Crippen LogP contribution in [0.1, 0.15) is 44.2 Å². The minimum absolute atomic E-state index is 0.568. The van der Waals surface area contributed by atoms with Crippen LogP contribution in [0.25, 0.3) is 0 Å². The fraction of sp³-hybridized carbons (Fsp3) is 0.647. The lowest BCUT2D eigenvalue weighted by atomic mass is 9.89. The molecule has 2 unspecified atom stereocenters. The van der Waals surface area contributed by atoms with Gasteiger partial charge in [-0.1, -0.05) is 41.4 Å². The Kier molecular flexibility index (Phi) is 6.53. The van der Waals surface area contributed by atoms with Crippen molar-refractivity contribution < 1.29 is 0 Å². The average molecular weight is 339 g/mol. The Labute approximate surface area is 132 Å². The number of nitrogens with zero attached hydrogens (tertiary/aromatic N) is 1. The number of halogens is 1. The van der Waals surface area contributed by atoms with E-state index in [1.165, 1.54) is 48.8 Å². The summed E-state index contributed by atoms with van der Waals surface area (Å²) in [5.41, 5.74) is 1.48. The van der Waals surface area contributed by atoms with Crippen LogP contribution in [0.4, 0.5) is 0 Å². The van der Waals surface area contributed by atoms with E-state index < -0.39 is 0 Å². The molecule has 1 aliphatic heterocycles. The van der Waals surface area contributed by atoms with Crippen LogP contribution in [-0.2, 0) is 0 Å². The summed E-state index contributed by atoms with van der Waals surface area (Å²) in [5.74, 6) is 0.718. The lowest BCUT2D eigenvalue weighted by molar-refractivity contribution is 0.154. The first-order chi connectivity index (χ1) is 9.76. The largest absolute Gasteiger partial charge is 0.319 e. The van der Waals surface area contributed by atoms with Gasteiger partial charge in [-0.05, 0) is 69.6 Å². The highest BCUT2D eigenvalue weighted by atomic mass is 79.9. The highest BCUT2D eigenvalue weighted by molar-refractivity contribution is 9.10. The minimum atomic E-state index is 0.568. The molecule has 1 aromatic carbocycles. The van der Waals surface area contributed by atoms with Gasteiger partial charge in [0.15, 0.2) is 0 Å². The molecule has 0 amide bonds. The molecule has 3 heteroatoms. The molecule has 1 saturated heterocycles. The Morgan fingerprint density at radius 1 is 1.25 bits per heavy atom. The van der Waals surface area contributed by atoms with Gasteiger partial charge < -0.3 is 5.32 Å². The van der Waals surface area contributed by atoms with Crippen molar-refractivity contribution in [2.75, 3.05) is 26.7 Å². The molecule has 0 radical (unpaired) electrons. The van der Waals surface area contributed by atoms with Gasteiger partial charge in [-0.2, -0.15) is 0 Å². The second kappa shape index (κ2) is 8.16. The summed E-state index contributed by atoms with van der Waals surface area (Å²) in [5, 5.41) is 3.40. The molecule has 0 saturated carbocycles. The van der Waals surface area contributed by atoms with E-state index in [0.717, 1.165) is 12.5 Å². The maximum Gasteiger partial charge on any atom is 0.0388 e. The second-order valence-electron chi connectivity index (χ2n) is 5.85. The summed E-state index contributed by atoms with van der Waals surface area (Å²) >= 11 is 3.55. The van der Waals surface area contributed by atoms with Crippen molar-refractivity contribution in [2.45, 2.75) is 38.6 Å². The number of benzene rings is 1. The van der Waals surface area contributed by atoms with Crippen LogP contribution in [0.5, 0.6) is 0 Å². The molecule has 20 heavy (non-hydrogen) atoms. The Morgan fingerprint density at radius 2 is 2.00 bits per heavy atom. The molecule has 1 fully saturated rings. The topological polar surface area (TPSA) is 15.3 Å². The number of likely N-dealkylation sites (tertiary alicyclic amines) is 1. The van der Waals surface area contributed by atoms with Gasteiger partial charge in [-0.15, -0.1) is 0 Å². The summed E-state index contributed by atoms with van der Waals surface area (Å²) in [6.07, 6.45) is 5.27. The van der Waals surface area contributed by atoms with Crippen LogP contribution in [-0.4, -0.2) is 31.6 Å². The quantitative estimate of drug-likeness (QED) is 0.864. The lowest BCUT2D eigenvalue weighted by Crippen LogP contribution is -2.36. The van der Waals surface area contributed by atoms with Crippen molar-refractivity contribution in [1.29, 1.82) is 0 Å². The van der Waals surface area contributed by atoms with Crippen molar-refractivity contribution in [2.24, 2.45) is 5.92 Å². The van der Waals surface area contributed by atoms with Crippen LogP contribution in [0.3, 0.4) is 0 Å². The fourth-order valence-electron chi connectivity index (χ4n) is 3.47. The zero-order chi connectivity index (χ0) is 14.4. The second-order valence-corrected chi connectivity index (χ2v) is 6.76. The molecular weight excluding hydrogens is 312 g/mol. The van der Waals surface area contributed by atoms with E-state index in [1.54, 1.807) is 0 Å². The predicted octanol–water partition coefficient (Wildman–Crippen LogP) is 4.22. The van der Waals surface area contributed by atoms with Crippen LogP contribution in [0.15, 0.2) is 28.7 Å². The first-order valence-corrected chi connectivity index (χ1v) is 8.69. The van der Waals surface area contributed by atoms with E-state index in [9.17, 15) is 0 Å². The normalized spacial score (nSPS) is 24.6. The first-order valence-electron chi connectivity index (χ1n) is 7.90. The number of hydrogen-bond acceptors (Lipinski definition) is 2. The summed E-state index contributed by atoms with van der Waals surface area (Å²) in [7, 11) is 2.08. The molecule has 0 spiro atoms. The smallest absolute Gasteiger partial charge is 0.0388 e. The highest BCUT2D eigenvalue weighted by Gasteiger charge is 2.30. The monoisotopic (exact) mass is 338 g/mol. The Balaban J connectivity index is 2.28. The molecule has 112 valence electrons. The summed E-state index contributed by atoms with van der Waals surface area (Å²) in [6, 6.07) is 9.52. The van der Waals surface area contributed by atoms with Gasteiger partial charge in [0.25, 0.3) is 0 Å². The summed E-state index contributed by atoms with van der Waals surface area (Å²) in [6.45, 7) is 5.85. The Morgan fingerprint density at radius 3 is 2.65 bits per heavy atom. The molecule has 0 aromatic heterocycles. The molecule has 0 bridgehead atoms. The lowest BCUT2D eigenvalue weighted by Gasteiger charge is -2.35. The average Bonchev–Trinajstić information content (AvgIpc) is 2.64. The molecule has 2 nitrogen and oxygen atoms in total. The van der Waals surface area contributed by atoms with Crippen molar-refractivity contribution in [3.63, 3.8) is 0 Å². The third-order valence-electron chi connectivity index (χ3n) is 4.30. The van der Waals surface area contributed by atoms with Crippen LogP contribution >= 0.6 is 15.9 Å². The molecule has 1 aliphatic rings. The number of rotatable bonds is 5. The first kappa shape index (κ1) is 16.0. The molecule has 1 N–H and O–H groups in total. The van der Waals surface area contributed by atoms with E-state index in [0.29, 0.717) is 6.04 Å². The molecule has 2 rings (SSSR count). The van der Waals surface area contributed by atoms with E-state index >= 15 is 0 Å². The standard InChI is InChI=1S/C17H27BrN2/c1-3-11-20-12-5-4-6-15(13-19-2)17(20)14-7-9-16(18)10-8-14/h7-10,15,17,19H,3-6,11-13H2,1-2H3. The maximum atomic E-state index is 3.55. The molecule has 2 atom stereocenters. The Bertz CT molecular complexity index is 374. The zero-order valence-corrected chi connectivity index (χ0v) is 14.3. The molecule has 1 heterocycles. The van der Waals surface area contributed by atoms with Gasteiger partial charge in [0.1, 0.15) is 0 Å². The van der Waals surface area contributed by atoms with Gasteiger partial charge in [0.05, 0.1) is 0 Å². The fourth-order valence-corrected chi connectivity index (χ4v) is 3.74. The summed E-state index contributed by atoms with van der Waals surface area (Å²) < 4.78 is 1.17. The third-order valence-corrected chi connectivity index (χ3v) is 4.83. The number of hydrogen-bond donors (Lipinski definition) is 1. The van der Waals surface area contributed by atoms with Crippen molar-refractivity contribution in [3.05, 3.63) is 34.3 Å². The van der Waals surface area contributed by atoms with Crippen LogP contribution in [0, 0.1) is 5.92 Å². The number of nitrogens with one attached hydrogen (secondary N) is 1. The van der Waals surface area contributed by atoms with E-state index in [2.05, 4.69) is 64.4 Å². The van der Waals surface area contributed by atoms with Gasteiger partial charge in [0, 0.05) is 10.5 Å². The van der Waals surface area contributed by atoms with E-state index in [-0.39, 0.29) is 0 Å². The van der Waals surface area contributed by atoms with Gasteiger partial charge in [0.2, 0.25) is 0 Å². The van der Waals surface area contributed by atoms with Crippen molar-refractivity contribution >= 4 is 15.9 Å². The molecule has 1 aromatic rings. The Hall–Kier alpha value is -0.380. The van der Waals surface area contributed by atoms with Crippen molar-refractivity contribution in [1.82, 2.24) is 10.2 Å². The van der Waals surface area contributed by atoms with Crippen LogP contribution in [0.2, 0.25) is 0 Å². The predicted molar refractivity (Wildman–Crippen MR) is 90.0 cm³/mol. The van der Waals surface area contributed by atoms with Gasteiger partial charge in [-0.25, -0.2) is 0 Å².